The summed E-state index contributed by atoms with van der Waals surface area (Å²) in [7, 11) is 2.14. The van der Waals surface area contributed by atoms with E-state index in [1.807, 2.05) is 0 Å². The molecule has 2 rings (SSSR count). The molecule has 1 unspecified atom stereocenters. The normalized spacial score (nSPS) is 16.0. The standard InChI is InChI=1S/C16H24ClN3O/c1-11(12-5-6-12)20(2)9-3-4-16(21)19-15-8-7-13(18)10-14(15)17/h7-8,10-12H,3-6,9,18H2,1-2H3,(H,19,21). The Hall–Kier alpha value is -1.26. The number of halogens is 1. The summed E-state index contributed by atoms with van der Waals surface area (Å²) in [6.07, 6.45) is 4.05. The third-order valence-electron chi connectivity index (χ3n) is 4.18. The van der Waals surface area contributed by atoms with Crippen LogP contribution in [0, 0.1) is 5.92 Å². The molecule has 1 amide bonds. The Balaban J connectivity index is 1.71. The predicted molar refractivity (Wildman–Crippen MR) is 88.5 cm³/mol. The number of nitrogens with one attached hydrogen (secondary N) is 1. The Morgan fingerprint density at radius 2 is 2.24 bits per heavy atom. The molecule has 116 valence electrons. The molecule has 1 atom stereocenters. The minimum atomic E-state index is -0.00542. The lowest BCUT2D eigenvalue weighted by Gasteiger charge is -2.24. The highest BCUT2D eigenvalue weighted by Crippen LogP contribution is 2.34. The molecular weight excluding hydrogens is 286 g/mol. The lowest BCUT2D eigenvalue weighted by molar-refractivity contribution is -0.116. The van der Waals surface area contributed by atoms with E-state index in [1.165, 1.54) is 12.8 Å². The van der Waals surface area contributed by atoms with Gasteiger partial charge in [-0.1, -0.05) is 11.6 Å². The zero-order valence-corrected chi connectivity index (χ0v) is 13.5. The summed E-state index contributed by atoms with van der Waals surface area (Å²) < 4.78 is 0. The van der Waals surface area contributed by atoms with Crippen molar-refractivity contribution in [3.8, 4) is 0 Å². The van der Waals surface area contributed by atoms with E-state index in [0.29, 0.717) is 28.9 Å². The van der Waals surface area contributed by atoms with Crippen molar-refractivity contribution in [3.05, 3.63) is 23.2 Å². The van der Waals surface area contributed by atoms with Crippen LogP contribution < -0.4 is 11.1 Å². The quantitative estimate of drug-likeness (QED) is 0.759. The number of nitrogen functional groups attached to an aromatic ring is 1. The smallest absolute Gasteiger partial charge is 0.224 e. The van der Waals surface area contributed by atoms with Crippen LogP contribution in [-0.4, -0.2) is 30.4 Å². The van der Waals surface area contributed by atoms with Crippen molar-refractivity contribution < 1.29 is 4.79 Å². The minimum Gasteiger partial charge on any atom is -0.399 e. The predicted octanol–water partition coefficient (Wildman–Crippen LogP) is 3.37. The van der Waals surface area contributed by atoms with Gasteiger partial charge in [-0.25, -0.2) is 0 Å². The molecule has 0 aliphatic heterocycles. The first-order chi connectivity index (χ1) is 9.97. The number of carbonyl (C=O) groups is 1. The summed E-state index contributed by atoms with van der Waals surface area (Å²) in [4.78, 5) is 14.3. The highest BCUT2D eigenvalue weighted by atomic mass is 35.5. The van der Waals surface area contributed by atoms with Gasteiger partial charge in [-0.2, -0.15) is 0 Å². The van der Waals surface area contributed by atoms with Crippen molar-refractivity contribution in [3.63, 3.8) is 0 Å². The molecule has 5 heteroatoms. The lowest BCUT2D eigenvalue weighted by Crippen LogP contribution is -2.32. The largest absolute Gasteiger partial charge is 0.399 e. The third kappa shape index (κ3) is 4.90. The fourth-order valence-electron chi connectivity index (χ4n) is 2.48. The summed E-state index contributed by atoms with van der Waals surface area (Å²) in [5.41, 5.74) is 6.84. The van der Waals surface area contributed by atoms with Crippen LogP contribution in [0.15, 0.2) is 18.2 Å². The SMILES string of the molecule is CC(C1CC1)N(C)CCCC(=O)Nc1ccc(N)cc1Cl. The maximum absolute atomic E-state index is 11.9. The lowest BCUT2D eigenvalue weighted by atomic mass is 10.1. The average molecular weight is 310 g/mol. The number of carbonyl (C=O) groups excluding carboxylic acids is 1. The first-order valence-corrected chi connectivity index (χ1v) is 7.90. The third-order valence-corrected chi connectivity index (χ3v) is 4.49. The molecule has 0 bridgehead atoms. The molecule has 3 N–H and O–H groups in total. The molecule has 1 aromatic rings. The Morgan fingerprint density at radius 3 is 2.86 bits per heavy atom. The molecule has 4 nitrogen and oxygen atoms in total. The summed E-state index contributed by atoms with van der Waals surface area (Å²) in [5.74, 6) is 0.853. The molecular formula is C16H24ClN3O. The monoisotopic (exact) mass is 309 g/mol. The summed E-state index contributed by atoms with van der Waals surface area (Å²) in [5, 5.41) is 3.31. The van der Waals surface area contributed by atoms with Gasteiger partial charge in [0.1, 0.15) is 0 Å². The van der Waals surface area contributed by atoms with Gasteiger partial charge in [0.25, 0.3) is 0 Å². The van der Waals surface area contributed by atoms with Crippen LogP contribution in [0.1, 0.15) is 32.6 Å². The zero-order valence-electron chi connectivity index (χ0n) is 12.7. The van der Waals surface area contributed by atoms with E-state index in [4.69, 9.17) is 17.3 Å². The molecule has 0 spiro atoms. The number of amides is 1. The Labute approximate surface area is 131 Å². The van der Waals surface area contributed by atoms with Crippen LogP contribution in [0.4, 0.5) is 11.4 Å². The van der Waals surface area contributed by atoms with E-state index in [1.54, 1.807) is 18.2 Å². The van der Waals surface area contributed by atoms with Gasteiger partial charge in [-0.05, 0) is 63.9 Å². The van der Waals surface area contributed by atoms with E-state index in [0.717, 1.165) is 18.9 Å². The van der Waals surface area contributed by atoms with Gasteiger partial charge in [0.2, 0.25) is 5.91 Å². The van der Waals surface area contributed by atoms with Crippen LogP contribution in [0.5, 0.6) is 0 Å². The second-order valence-electron chi connectivity index (χ2n) is 5.95. The number of nitrogens with zero attached hydrogens (tertiary/aromatic N) is 1. The Kier molecular flexibility index (Phi) is 5.48. The van der Waals surface area contributed by atoms with Crippen molar-refractivity contribution in [2.45, 2.75) is 38.6 Å². The summed E-state index contributed by atoms with van der Waals surface area (Å²) >= 11 is 6.04. The number of anilines is 2. The average Bonchev–Trinajstić information content (AvgIpc) is 3.25. The van der Waals surface area contributed by atoms with Crippen LogP contribution in [0.25, 0.3) is 0 Å². The Bertz CT molecular complexity index is 502. The molecule has 1 aromatic carbocycles. The number of hydrogen-bond donors (Lipinski definition) is 2. The van der Waals surface area contributed by atoms with Crippen molar-refractivity contribution in [1.82, 2.24) is 4.90 Å². The molecule has 0 aromatic heterocycles. The molecule has 1 fully saturated rings. The zero-order chi connectivity index (χ0) is 15.4. The van der Waals surface area contributed by atoms with E-state index >= 15 is 0 Å². The highest BCUT2D eigenvalue weighted by Gasteiger charge is 2.30. The van der Waals surface area contributed by atoms with Crippen molar-refractivity contribution in [2.75, 3.05) is 24.6 Å². The minimum absolute atomic E-state index is 0.00542. The van der Waals surface area contributed by atoms with Crippen molar-refractivity contribution >= 4 is 28.9 Å². The van der Waals surface area contributed by atoms with E-state index in [2.05, 4.69) is 24.2 Å². The molecule has 0 radical (unpaired) electrons. The molecule has 0 saturated heterocycles. The van der Waals surface area contributed by atoms with Gasteiger partial charge in [0, 0.05) is 18.2 Å². The van der Waals surface area contributed by atoms with Gasteiger partial charge >= 0.3 is 0 Å². The van der Waals surface area contributed by atoms with Crippen LogP contribution in [-0.2, 0) is 4.79 Å². The summed E-state index contributed by atoms with van der Waals surface area (Å²) in [6, 6.07) is 5.73. The second-order valence-corrected chi connectivity index (χ2v) is 6.36. The number of nitrogens with two attached hydrogens (primary N) is 1. The van der Waals surface area contributed by atoms with E-state index in [-0.39, 0.29) is 5.91 Å². The van der Waals surface area contributed by atoms with E-state index < -0.39 is 0 Å². The summed E-state index contributed by atoms with van der Waals surface area (Å²) in [6.45, 7) is 3.21. The Morgan fingerprint density at radius 1 is 1.52 bits per heavy atom. The first-order valence-electron chi connectivity index (χ1n) is 7.52. The second kappa shape index (κ2) is 7.14. The van der Waals surface area contributed by atoms with E-state index in [9.17, 15) is 4.79 Å². The van der Waals surface area contributed by atoms with Crippen LogP contribution in [0.2, 0.25) is 5.02 Å². The van der Waals surface area contributed by atoms with Gasteiger partial charge in [-0.3, -0.25) is 4.79 Å². The van der Waals surface area contributed by atoms with Crippen molar-refractivity contribution in [2.24, 2.45) is 5.92 Å². The van der Waals surface area contributed by atoms with Crippen LogP contribution in [0.3, 0.4) is 0 Å². The molecule has 0 heterocycles. The first kappa shape index (κ1) is 16.1. The molecule has 21 heavy (non-hydrogen) atoms. The fourth-order valence-corrected chi connectivity index (χ4v) is 2.71. The highest BCUT2D eigenvalue weighted by molar-refractivity contribution is 6.34. The molecule has 1 saturated carbocycles. The van der Waals surface area contributed by atoms with Gasteiger partial charge < -0.3 is 16.0 Å². The van der Waals surface area contributed by atoms with Gasteiger partial charge in [-0.15, -0.1) is 0 Å². The topological polar surface area (TPSA) is 58.4 Å². The fraction of sp³-hybridized carbons (Fsp3) is 0.562. The van der Waals surface area contributed by atoms with Crippen LogP contribution >= 0.6 is 11.6 Å². The molecule has 1 aliphatic carbocycles. The maximum Gasteiger partial charge on any atom is 0.224 e. The number of hydrogen-bond acceptors (Lipinski definition) is 3. The number of benzene rings is 1. The number of rotatable bonds is 7. The van der Waals surface area contributed by atoms with Gasteiger partial charge in [0.05, 0.1) is 10.7 Å². The molecule has 1 aliphatic rings. The van der Waals surface area contributed by atoms with Crippen molar-refractivity contribution in [1.29, 1.82) is 0 Å². The van der Waals surface area contributed by atoms with Gasteiger partial charge in [0.15, 0.2) is 0 Å². The maximum atomic E-state index is 11.9.